The van der Waals surface area contributed by atoms with Crippen LogP contribution in [0.2, 0.25) is 0 Å². The van der Waals surface area contributed by atoms with Crippen molar-refractivity contribution < 1.29 is 9.21 Å². The van der Waals surface area contributed by atoms with E-state index in [1.54, 1.807) is 24.0 Å². The van der Waals surface area contributed by atoms with Crippen LogP contribution in [0.3, 0.4) is 0 Å². The van der Waals surface area contributed by atoms with Gasteiger partial charge in [-0.25, -0.2) is 4.98 Å². The van der Waals surface area contributed by atoms with Crippen molar-refractivity contribution in [3.63, 3.8) is 0 Å². The fraction of sp³-hybridized carbons (Fsp3) is 0.533. The van der Waals surface area contributed by atoms with Gasteiger partial charge >= 0.3 is 0 Å². The lowest BCUT2D eigenvalue weighted by Gasteiger charge is -2.28. The molecule has 22 heavy (non-hydrogen) atoms. The smallest absolute Gasteiger partial charge is 0.274 e. The largest absolute Gasteiger partial charge is 0.440 e. The number of hydrogen-bond donors (Lipinski definition) is 2. The maximum Gasteiger partial charge on any atom is 0.274 e. The number of aryl methyl sites for hydroxylation is 2. The molecule has 2 aromatic rings. The van der Waals surface area contributed by atoms with Crippen LogP contribution in [0.15, 0.2) is 16.8 Å². The summed E-state index contributed by atoms with van der Waals surface area (Å²) in [7, 11) is 1.82. The summed E-state index contributed by atoms with van der Waals surface area (Å²) in [5.41, 5.74) is 6.64. The molecule has 0 aliphatic heterocycles. The Kier molecular flexibility index (Phi) is 3.74. The van der Waals surface area contributed by atoms with Crippen LogP contribution < -0.4 is 11.1 Å². The second-order valence-corrected chi connectivity index (χ2v) is 5.97. The highest BCUT2D eigenvalue weighted by Gasteiger charge is 2.35. The minimum atomic E-state index is -0.295. The number of nitrogens with two attached hydrogens (primary N) is 1. The maximum atomic E-state index is 12.5. The predicted octanol–water partition coefficient (Wildman–Crippen LogP) is 1.38. The van der Waals surface area contributed by atoms with Crippen LogP contribution in [-0.4, -0.2) is 32.8 Å². The summed E-state index contributed by atoms with van der Waals surface area (Å²) < 4.78 is 7.27. The second kappa shape index (κ2) is 5.57. The third-order valence-corrected chi connectivity index (χ3v) is 4.29. The molecule has 0 aromatic carbocycles. The number of amides is 1. The monoisotopic (exact) mass is 303 g/mol. The van der Waals surface area contributed by atoms with Crippen LogP contribution in [0.4, 0.5) is 0 Å². The van der Waals surface area contributed by atoms with Crippen LogP contribution in [-0.2, 0) is 7.05 Å². The van der Waals surface area contributed by atoms with Gasteiger partial charge in [0.15, 0.2) is 5.69 Å². The first kappa shape index (κ1) is 14.8. The van der Waals surface area contributed by atoms with Gasteiger partial charge in [0.2, 0.25) is 5.89 Å². The molecule has 3 rings (SSSR count). The summed E-state index contributed by atoms with van der Waals surface area (Å²) in [4.78, 5) is 16.9. The van der Waals surface area contributed by atoms with Crippen molar-refractivity contribution >= 4 is 5.91 Å². The standard InChI is InChI=1S/C15H21N5O2/c1-10-12(13(21)19-15(9-16)5-3-4-6-15)18-14(22-10)11-7-17-20(2)8-11/h7-8H,3-6,9,16H2,1-2H3,(H,19,21). The number of oxazole rings is 1. The molecule has 1 fully saturated rings. The molecule has 7 nitrogen and oxygen atoms in total. The predicted molar refractivity (Wildman–Crippen MR) is 81.2 cm³/mol. The quantitative estimate of drug-likeness (QED) is 0.889. The zero-order valence-corrected chi connectivity index (χ0v) is 12.9. The van der Waals surface area contributed by atoms with Crippen molar-refractivity contribution in [2.24, 2.45) is 12.8 Å². The zero-order chi connectivity index (χ0) is 15.7. The van der Waals surface area contributed by atoms with Crippen molar-refractivity contribution in [2.45, 2.75) is 38.1 Å². The van der Waals surface area contributed by atoms with E-state index in [2.05, 4.69) is 15.4 Å². The van der Waals surface area contributed by atoms with Gasteiger partial charge in [0.1, 0.15) is 5.76 Å². The molecular weight excluding hydrogens is 282 g/mol. The van der Waals surface area contributed by atoms with E-state index in [4.69, 9.17) is 10.2 Å². The summed E-state index contributed by atoms with van der Waals surface area (Å²) in [5, 5.41) is 7.15. The Hall–Kier alpha value is -2.15. The van der Waals surface area contributed by atoms with Crippen molar-refractivity contribution in [3.05, 3.63) is 23.8 Å². The number of rotatable bonds is 4. The summed E-state index contributed by atoms with van der Waals surface area (Å²) in [6.07, 6.45) is 7.48. The van der Waals surface area contributed by atoms with E-state index in [1.165, 1.54) is 0 Å². The lowest BCUT2D eigenvalue weighted by atomic mass is 9.97. The lowest BCUT2D eigenvalue weighted by molar-refractivity contribution is 0.0897. The number of carbonyl (C=O) groups excluding carboxylic acids is 1. The Morgan fingerprint density at radius 2 is 2.23 bits per heavy atom. The number of nitrogens with one attached hydrogen (secondary N) is 1. The van der Waals surface area contributed by atoms with Crippen molar-refractivity contribution in [2.75, 3.05) is 6.54 Å². The van der Waals surface area contributed by atoms with Crippen molar-refractivity contribution in [1.29, 1.82) is 0 Å². The molecule has 118 valence electrons. The van der Waals surface area contributed by atoms with Crippen LogP contribution in [0, 0.1) is 6.92 Å². The fourth-order valence-corrected chi connectivity index (χ4v) is 2.99. The first-order valence-corrected chi connectivity index (χ1v) is 7.52. The summed E-state index contributed by atoms with van der Waals surface area (Å²) in [6.45, 7) is 2.19. The molecule has 1 aliphatic rings. The van der Waals surface area contributed by atoms with Crippen LogP contribution in [0.1, 0.15) is 41.9 Å². The van der Waals surface area contributed by atoms with Gasteiger partial charge in [-0.15, -0.1) is 0 Å². The topological polar surface area (TPSA) is 99.0 Å². The third kappa shape index (κ3) is 2.64. The molecule has 0 saturated heterocycles. The average Bonchev–Trinajstić information content (AvgIpc) is 3.19. The van der Waals surface area contributed by atoms with Gasteiger partial charge in [-0.3, -0.25) is 9.48 Å². The van der Waals surface area contributed by atoms with E-state index in [1.807, 2.05) is 7.05 Å². The Balaban J connectivity index is 1.82. The second-order valence-electron chi connectivity index (χ2n) is 5.97. The maximum absolute atomic E-state index is 12.5. The van der Waals surface area contributed by atoms with Gasteiger partial charge in [-0.1, -0.05) is 12.8 Å². The van der Waals surface area contributed by atoms with E-state index in [-0.39, 0.29) is 11.4 Å². The van der Waals surface area contributed by atoms with Gasteiger partial charge in [-0.05, 0) is 19.8 Å². The Morgan fingerprint density at radius 3 is 2.82 bits per heavy atom. The van der Waals surface area contributed by atoms with Crippen LogP contribution in [0.5, 0.6) is 0 Å². The van der Waals surface area contributed by atoms with Crippen LogP contribution in [0.25, 0.3) is 11.5 Å². The molecule has 0 unspecified atom stereocenters. The first-order valence-electron chi connectivity index (χ1n) is 7.52. The van der Waals surface area contributed by atoms with E-state index in [0.29, 0.717) is 23.9 Å². The highest BCUT2D eigenvalue weighted by atomic mass is 16.4. The Labute approximate surface area is 128 Å². The van der Waals surface area contributed by atoms with Crippen LogP contribution >= 0.6 is 0 Å². The van der Waals surface area contributed by atoms with E-state index >= 15 is 0 Å². The molecular formula is C15H21N5O2. The SMILES string of the molecule is Cc1oc(-c2cnn(C)c2)nc1C(=O)NC1(CN)CCCC1. The molecule has 2 heterocycles. The highest BCUT2D eigenvalue weighted by Crippen LogP contribution is 2.29. The summed E-state index contributed by atoms with van der Waals surface area (Å²) in [6, 6.07) is 0. The van der Waals surface area contributed by atoms with E-state index in [9.17, 15) is 4.79 Å². The van der Waals surface area contributed by atoms with Gasteiger partial charge in [0.05, 0.1) is 17.3 Å². The lowest BCUT2D eigenvalue weighted by Crippen LogP contribution is -2.51. The number of nitrogens with zero attached hydrogens (tertiary/aromatic N) is 3. The van der Waals surface area contributed by atoms with E-state index < -0.39 is 0 Å². The average molecular weight is 303 g/mol. The molecule has 0 atom stereocenters. The van der Waals surface area contributed by atoms with Gasteiger partial charge in [0, 0.05) is 19.8 Å². The molecule has 1 aliphatic carbocycles. The van der Waals surface area contributed by atoms with E-state index in [0.717, 1.165) is 31.2 Å². The minimum Gasteiger partial charge on any atom is -0.440 e. The molecule has 7 heteroatoms. The molecule has 1 saturated carbocycles. The Bertz CT molecular complexity index is 682. The normalized spacial score (nSPS) is 16.9. The fourth-order valence-electron chi connectivity index (χ4n) is 2.99. The number of carbonyl (C=O) groups is 1. The summed E-state index contributed by atoms with van der Waals surface area (Å²) in [5.74, 6) is 0.689. The molecule has 1 amide bonds. The molecule has 0 spiro atoms. The minimum absolute atomic E-state index is 0.219. The van der Waals surface area contributed by atoms with Crippen molar-refractivity contribution in [1.82, 2.24) is 20.1 Å². The highest BCUT2D eigenvalue weighted by molar-refractivity contribution is 5.94. The number of hydrogen-bond acceptors (Lipinski definition) is 5. The first-order chi connectivity index (χ1) is 10.5. The molecule has 0 bridgehead atoms. The summed E-state index contributed by atoms with van der Waals surface area (Å²) >= 11 is 0. The number of aromatic nitrogens is 3. The Morgan fingerprint density at radius 1 is 1.50 bits per heavy atom. The van der Waals surface area contributed by atoms with Gasteiger partial charge in [0.25, 0.3) is 5.91 Å². The molecule has 2 aromatic heterocycles. The van der Waals surface area contributed by atoms with Gasteiger partial charge in [-0.2, -0.15) is 5.10 Å². The molecule has 3 N–H and O–H groups in total. The zero-order valence-electron chi connectivity index (χ0n) is 12.9. The van der Waals surface area contributed by atoms with Gasteiger partial charge < -0.3 is 15.5 Å². The molecule has 0 radical (unpaired) electrons. The third-order valence-electron chi connectivity index (χ3n) is 4.29. The van der Waals surface area contributed by atoms with Crippen molar-refractivity contribution in [3.8, 4) is 11.5 Å².